The third-order valence-electron chi connectivity index (χ3n) is 5.28. The van der Waals surface area contributed by atoms with E-state index in [9.17, 15) is 4.79 Å². The second-order valence-electron chi connectivity index (χ2n) is 7.42. The Morgan fingerprint density at radius 1 is 1.12 bits per heavy atom. The second-order valence-corrected chi connectivity index (χ2v) is 8.78. The predicted octanol–water partition coefficient (Wildman–Crippen LogP) is 5.46. The minimum absolute atomic E-state index is 0.0822. The number of ether oxygens (including phenoxy) is 1. The molecule has 0 unspecified atom stereocenters. The highest BCUT2D eigenvalue weighted by Crippen LogP contribution is 2.34. The molecule has 0 radical (unpaired) electrons. The number of nitrogens with zero attached hydrogens (tertiary/aromatic N) is 4. The third-order valence-corrected chi connectivity index (χ3v) is 6.33. The predicted molar refractivity (Wildman–Crippen MR) is 128 cm³/mol. The SMILES string of the molecule is COc1ccc(-c2nnc(SCC(=O)N3N=C(c4ccc(Cl)cc4)C[C@@H]3c3ccco3)o2)cc1. The maximum Gasteiger partial charge on any atom is 0.277 e. The van der Waals surface area contributed by atoms with Crippen molar-refractivity contribution in [1.82, 2.24) is 15.2 Å². The fourth-order valence-corrected chi connectivity index (χ4v) is 4.31. The van der Waals surface area contributed by atoms with Crippen molar-refractivity contribution >= 4 is 35.0 Å². The summed E-state index contributed by atoms with van der Waals surface area (Å²) in [6.45, 7) is 0. The summed E-state index contributed by atoms with van der Waals surface area (Å²) < 4.78 is 16.5. The summed E-state index contributed by atoms with van der Waals surface area (Å²) in [5, 5.41) is 15.1. The maximum absolute atomic E-state index is 13.1. The number of furan rings is 1. The zero-order valence-electron chi connectivity index (χ0n) is 18.1. The standard InChI is InChI=1S/C24H19ClN4O4S/c1-31-18-10-6-16(7-11-18)23-26-27-24(33-23)34-14-22(30)29-20(21-3-2-12-32-21)13-19(28-29)15-4-8-17(25)9-5-15/h2-12,20H,13-14H2,1H3/t20-/m1/s1. The average Bonchev–Trinajstić information content (AvgIpc) is 3.64. The van der Waals surface area contributed by atoms with E-state index in [1.54, 1.807) is 31.6 Å². The van der Waals surface area contributed by atoms with E-state index in [1.807, 2.05) is 42.5 Å². The van der Waals surface area contributed by atoms with Gasteiger partial charge in [0.1, 0.15) is 17.6 Å². The number of thioether (sulfide) groups is 1. The number of amides is 1. The highest BCUT2D eigenvalue weighted by atomic mass is 35.5. The van der Waals surface area contributed by atoms with Crippen LogP contribution in [0.2, 0.25) is 5.02 Å². The molecular weight excluding hydrogens is 476 g/mol. The molecule has 10 heteroatoms. The van der Waals surface area contributed by atoms with E-state index in [1.165, 1.54) is 5.01 Å². The van der Waals surface area contributed by atoms with Crippen molar-refractivity contribution in [3.8, 4) is 17.2 Å². The zero-order chi connectivity index (χ0) is 23.5. The molecule has 1 amide bonds. The molecule has 2 aromatic carbocycles. The molecular formula is C24H19ClN4O4S. The summed E-state index contributed by atoms with van der Waals surface area (Å²) >= 11 is 7.18. The topological polar surface area (TPSA) is 94.0 Å². The van der Waals surface area contributed by atoms with Crippen molar-refractivity contribution in [3.63, 3.8) is 0 Å². The van der Waals surface area contributed by atoms with E-state index in [-0.39, 0.29) is 17.7 Å². The van der Waals surface area contributed by atoms with Crippen LogP contribution in [0.4, 0.5) is 0 Å². The van der Waals surface area contributed by atoms with E-state index in [2.05, 4.69) is 15.3 Å². The fraction of sp³-hybridized carbons (Fsp3) is 0.167. The smallest absolute Gasteiger partial charge is 0.277 e. The van der Waals surface area contributed by atoms with Crippen molar-refractivity contribution in [2.45, 2.75) is 17.7 Å². The lowest BCUT2D eigenvalue weighted by atomic mass is 10.0. The van der Waals surface area contributed by atoms with Crippen LogP contribution in [-0.4, -0.2) is 39.7 Å². The highest BCUT2D eigenvalue weighted by molar-refractivity contribution is 7.99. The minimum atomic E-state index is -0.327. The summed E-state index contributed by atoms with van der Waals surface area (Å²) in [6, 6.07) is 18.0. The quantitative estimate of drug-likeness (QED) is 0.315. The Labute approximate surface area is 204 Å². The first-order chi connectivity index (χ1) is 16.6. The van der Waals surface area contributed by atoms with Crippen LogP contribution in [0.5, 0.6) is 5.75 Å². The molecule has 0 spiro atoms. The number of methoxy groups -OCH3 is 1. The lowest BCUT2D eigenvalue weighted by Crippen LogP contribution is -2.28. The van der Waals surface area contributed by atoms with Crippen LogP contribution in [0.1, 0.15) is 23.8 Å². The van der Waals surface area contributed by atoms with Gasteiger partial charge in [-0.1, -0.05) is 35.5 Å². The first kappa shape index (κ1) is 22.2. The summed E-state index contributed by atoms with van der Waals surface area (Å²) in [5.74, 6) is 1.66. The van der Waals surface area contributed by atoms with Gasteiger partial charge in [-0.2, -0.15) is 5.10 Å². The Kier molecular flexibility index (Phi) is 6.37. The number of benzene rings is 2. The molecule has 1 aliphatic rings. The number of hydrogen-bond donors (Lipinski definition) is 0. The van der Waals surface area contributed by atoms with Gasteiger partial charge in [0.05, 0.1) is 24.8 Å². The van der Waals surface area contributed by atoms with Crippen LogP contribution in [-0.2, 0) is 4.79 Å². The van der Waals surface area contributed by atoms with E-state index < -0.39 is 0 Å². The van der Waals surface area contributed by atoms with Crippen LogP contribution in [0.25, 0.3) is 11.5 Å². The Balaban J connectivity index is 1.30. The Morgan fingerprint density at radius 3 is 2.59 bits per heavy atom. The van der Waals surface area contributed by atoms with Gasteiger partial charge < -0.3 is 13.6 Å². The average molecular weight is 495 g/mol. The van der Waals surface area contributed by atoms with Gasteiger partial charge in [-0.15, -0.1) is 10.2 Å². The van der Waals surface area contributed by atoms with Gasteiger partial charge in [-0.25, -0.2) is 5.01 Å². The summed E-state index contributed by atoms with van der Waals surface area (Å²) in [6.07, 6.45) is 2.12. The Bertz CT molecular complexity index is 1300. The van der Waals surface area contributed by atoms with Gasteiger partial charge in [-0.3, -0.25) is 4.79 Å². The molecule has 172 valence electrons. The zero-order valence-corrected chi connectivity index (χ0v) is 19.6. The Hall–Kier alpha value is -3.56. The molecule has 1 atom stereocenters. The molecule has 0 fully saturated rings. The van der Waals surface area contributed by atoms with Crippen molar-refractivity contribution in [2.24, 2.45) is 5.10 Å². The molecule has 0 aliphatic carbocycles. The van der Waals surface area contributed by atoms with Crippen molar-refractivity contribution < 1.29 is 18.4 Å². The van der Waals surface area contributed by atoms with Crippen LogP contribution in [0, 0.1) is 0 Å². The van der Waals surface area contributed by atoms with Gasteiger partial charge >= 0.3 is 0 Å². The largest absolute Gasteiger partial charge is 0.497 e. The number of rotatable bonds is 7. The summed E-state index contributed by atoms with van der Waals surface area (Å²) in [4.78, 5) is 13.1. The molecule has 3 heterocycles. The van der Waals surface area contributed by atoms with E-state index in [0.29, 0.717) is 28.3 Å². The van der Waals surface area contributed by atoms with Crippen LogP contribution in [0.3, 0.4) is 0 Å². The molecule has 8 nitrogen and oxygen atoms in total. The minimum Gasteiger partial charge on any atom is -0.497 e. The van der Waals surface area contributed by atoms with Crippen molar-refractivity contribution in [2.75, 3.05) is 12.9 Å². The molecule has 4 aromatic rings. The number of aromatic nitrogens is 2. The van der Waals surface area contributed by atoms with Crippen LogP contribution >= 0.6 is 23.4 Å². The number of carbonyl (C=O) groups is 1. The number of halogens is 1. The molecule has 0 saturated heterocycles. The highest BCUT2D eigenvalue weighted by Gasteiger charge is 2.35. The van der Waals surface area contributed by atoms with Gasteiger partial charge in [0.25, 0.3) is 11.1 Å². The molecule has 1 aliphatic heterocycles. The lowest BCUT2D eigenvalue weighted by Gasteiger charge is -2.19. The molecule has 5 rings (SSSR count). The first-order valence-electron chi connectivity index (χ1n) is 10.4. The van der Waals surface area contributed by atoms with Crippen LogP contribution < -0.4 is 4.74 Å². The van der Waals surface area contributed by atoms with Gasteiger partial charge in [-0.05, 0) is 54.1 Å². The first-order valence-corrected chi connectivity index (χ1v) is 11.8. The molecule has 0 bridgehead atoms. The van der Waals surface area contributed by atoms with Crippen molar-refractivity contribution in [1.29, 1.82) is 0 Å². The third kappa shape index (κ3) is 4.71. The second kappa shape index (κ2) is 9.74. The van der Waals surface area contributed by atoms with E-state index >= 15 is 0 Å². The number of hydrogen-bond acceptors (Lipinski definition) is 8. The monoisotopic (exact) mass is 494 g/mol. The molecule has 2 aromatic heterocycles. The van der Waals surface area contributed by atoms with Crippen LogP contribution in [0.15, 0.2) is 86.1 Å². The Morgan fingerprint density at radius 2 is 1.88 bits per heavy atom. The molecule has 0 N–H and O–H groups in total. The van der Waals surface area contributed by atoms with E-state index in [0.717, 1.165) is 34.3 Å². The maximum atomic E-state index is 13.1. The summed E-state index contributed by atoms with van der Waals surface area (Å²) in [7, 11) is 1.60. The number of hydrazone groups is 1. The molecule has 34 heavy (non-hydrogen) atoms. The molecule has 0 saturated carbocycles. The lowest BCUT2D eigenvalue weighted by molar-refractivity contribution is -0.130. The van der Waals surface area contributed by atoms with Gasteiger partial charge in [0.15, 0.2) is 0 Å². The summed E-state index contributed by atoms with van der Waals surface area (Å²) in [5.41, 5.74) is 2.46. The number of carbonyl (C=O) groups excluding carboxylic acids is 1. The van der Waals surface area contributed by atoms with Gasteiger partial charge in [0.2, 0.25) is 5.89 Å². The van der Waals surface area contributed by atoms with E-state index in [4.69, 9.17) is 25.2 Å². The van der Waals surface area contributed by atoms with Crippen molar-refractivity contribution in [3.05, 3.63) is 83.3 Å². The normalized spacial score (nSPS) is 15.4. The fourth-order valence-electron chi connectivity index (χ4n) is 3.57. The van der Waals surface area contributed by atoms with Gasteiger partial charge in [0, 0.05) is 17.0 Å².